The summed E-state index contributed by atoms with van der Waals surface area (Å²) >= 11 is 0. The van der Waals surface area contributed by atoms with Crippen LogP contribution < -0.4 is 5.73 Å². The summed E-state index contributed by atoms with van der Waals surface area (Å²) in [6.45, 7) is 8.03. The van der Waals surface area contributed by atoms with E-state index in [1.54, 1.807) is 18.2 Å². The Morgan fingerprint density at radius 3 is 2.40 bits per heavy atom. The molecule has 0 radical (unpaired) electrons. The van der Waals surface area contributed by atoms with Crippen molar-refractivity contribution in [3.8, 4) is 0 Å². The predicted molar refractivity (Wildman–Crippen MR) is 96.2 cm³/mol. The lowest BCUT2D eigenvalue weighted by molar-refractivity contribution is -0.131. The number of hydrogen-bond acceptors (Lipinski definition) is 4. The Kier molecular flexibility index (Phi) is 5.51. The maximum Gasteiger partial charge on any atom is 0.491 e. The van der Waals surface area contributed by atoms with Crippen LogP contribution in [-0.4, -0.2) is 35.9 Å². The summed E-state index contributed by atoms with van der Waals surface area (Å²) in [6.07, 6.45) is 3.88. The van der Waals surface area contributed by atoms with Gasteiger partial charge < -0.3 is 20.1 Å². The Morgan fingerprint density at radius 1 is 1.28 bits per heavy atom. The first-order valence-electron chi connectivity index (χ1n) is 8.02. The molecular weight excluding hydrogens is 324 g/mol. The number of carboxylic acid groups (broad SMARTS) is 1. The molecular formula is C18H23BFNO4. The largest absolute Gasteiger partial charge is 0.491 e. The number of nitrogens with two attached hydrogens (primary N) is 1. The number of rotatable bonds is 5. The summed E-state index contributed by atoms with van der Waals surface area (Å²) in [5, 5.41) is 8.69. The fourth-order valence-corrected chi connectivity index (χ4v) is 2.37. The van der Waals surface area contributed by atoms with Gasteiger partial charge in [0.1, 0.15) is 5.82 Å². The average Bonchev–Trinajstić information content (AvgIpc) is 2.72. The normalized spacial score (nSPS) is 19.6. The molecule has 2 rings (SSSR count). The summed E-state index contributed by atoms with van der Waals surface area (Å²) < 4.78 is 25.8. The highest BCUT2D eigenvalue weighted by Crippen LogP contribution is 2.38. The van der Waals surface area contributed by atoms with E-state index in [2.05, 4.69) is 0 Å². The zero-order valence-corrected chi connectivity index (χ0v) is 14.9. The Morgan fingerprint density at radius 2 is 1.88 bits per heavy atom. The van der Waals surface area contributed by atoms with Crippen molar-refractivity contribution in [2.45, 2.75) is 38.9 Å². The number of carboxylic acids is 1. The molecule has 0 saturated carbocycles. The molecule has 0 spiro atoms. The molecule has 0 bridgehead atoms. The smallest absolute Gasteiger partial charge is 0.478 e. The predicted octanol–water partition coefficient (Wildman–Crippen LogP) is 2.90. The molecule has 0 amide bonds. The van der Waals surface area contributed by atoms with Crippen molar-refractivity contribution in [3.05, 3.63) is 46.7 Å². The fourth-order valence-electron chi connectivity index (χ4n) is 2.37. The van der Waals surface area contributed by atoms with Gasteiger partial charge >= 0.3 is 13.1 Å². The minimum Gasteiger partial charge on any atom is -0.478 e. The van der Waals surface area contributed by atoms with Crippen molar-refractivity contribution in [3.63, 3.8) is 0 Å². The molecule has 0 unspecified atom stereocenters. The zero-order valence-electron chi connectivity index (χ0n) is 14.9. The number of hydrogen-bond donors (Lipinski definition) is 2. The first-order chi connectivity index (χ1) is 11.6. The van der Waals surface area contributed by atoms with Crippen LogP contribution in [0.1, 0.15) is 38.8 Å². The lowest BCUT2D eigenvalue weighted by Gasteiger charge is -2.32. The molecule has 1 aliphatic rings. The van der Waals surface area contributed by atoms with Crippen molar-refractivity contribution in [2.75, 3.05) is 6.54 Å². The molecule has 3 N–H and O–H groups in total. The van der Waals surface area contributed by atoms with E-state index in [0.717, 1.165) is 11.5 Å². The lowest BCUT2D eigenvalue weighted by Crippen LogP contribution is -2.41. The minimum atomic E-state index is -1.14. The van der Waals surface area contributed by atoms with E-state index in [9.17, 15) is 9.18 Å². The molecule has 1 saturated heterocycles. The van der Waals surface area contributed by atoms with Gasteiger partial charge in [-0.2, -0.15) is 0 Å². The zero-order chi connectivity index (χ0) is 18.8. The van der Waals surface area contributed by atoms with E-state index in [0.29, 0.717) is 5.56 Å². The van der Waals surface area contributed by atoms with Crippen LogP contribution in [0.2, 0.25) is 0 Å². The summed E-state index contributed by atoms with van der Waals surface area (Å²) in [5.74, 6) is -1.64. The molecule has 25 heavy (non-hydrogen) atoms. The fraction of sp³-hybridized carbons (Fsp3) is 0.389. The van der Waals surface area contributed by atoms with E-state index in [-0.39, 0.29) is 12.1 Å². The van der Waals surface area contributed by atoms with Crippen molar-refractivity contribution in [1.82, 2.24) is 0 Å². The second-order valence-electron chi connectivity index (χ2n) is 6.96. The summed E-state index contributed by atoms with van der Waals surface area (Å²) in [7, 11) is -0.585. The van der Waals surface area contributed by atoms with Gasteiger partial charge in [0.05, 0.1) is 11.2 Å². The summed E-state index contributed by atoms with van der Waals surface area (Å²) in [4.78, 5) is 10.6. The monoisotopic (exact) mass is 347 g/mol. The Balaban J connectivity index is 2.32. The molecule has 1 heterocycles. The van der Waals surface area contributed by atoms with Crippen LogP contribution in [0.4, 0.5) is 4.39 Å². The molecule has 1 aliphatic heterocycles. The lowest BCUT2D eigenvalue weighted by atomic mass is 9.77. The molecule has 7 heteroatoms. The molecule has 5 nitrogen and oxygen atoms in total. The van der Waals surface area contributed by atoms with Gasteiger partial charge in [0.15, 0.2) is 0 Å². The number of halogens is 1. The second-order valence-corrected chi connectivity index (χ2v) is 6.96. The van der Waals surface area contributed by atoms with Crippen LogP contribution in [-0.2, 0) is 14.1 Å². The van der Waals surface area contributed by atoms with Gasteiger partial charge in [0.25, 0.3) is 0 Å². The van der Waals surface area contributed by atoms with E-state index < -0.39 is 30.1 Å². The molecule has 134 valence electrons. The number of benzene rings is 1. The van der Waals surface area contributed by atoms with Gasteiger partial charge in [0.2, 0.25) is 0 Å². The van der Waals surface area contributed by atoms with Crippen LogP contribution in [0.25, 0.3) is 12.2 Å². The second kappa shape index (κ2) is 7.11. The molecule has 0 aliphatic carbocycles. The number of carbonyl (C=O) groups is 1. The molecule has 0 aromatic heterocycles. The average molecular weight is 347 g/mol. The van der Waals surface area contributed by atoms with Crippen LogP contribution in [0.5, 0.6) is 0 Å². The van der Waals surface area contributed by atoms with Crippen molar-refractivity contribution < 1.29 is 23.6 Å². The van der Waals surface area contributed by atoms with Gasteiger partial charge in [-0.15, -0.1) is 0 Å². The summed E-state index contributed by atoms with van der Waals surface area (Å²) in [5.41, 5.74) is 6.47. The van der Waals surface area contributed by atoms with Crippen LogP contribution in [0.3, 0.4) is 0 Å². The van der Waals surface area contributed by atoms with E-state index in [1.807, 2.05) is 27.7 Å². The molecule has 1 aromatic rings. The van der Waals surface area contributed by atoms with E-state index in [4.69, 9.17) is 20.1 Å². The highest BCUT2D eigenvalue weighted by atomic mass is 19.1. The third kappa shape index (κ3) is 4.37. The Labute approximate surface area is 147 Å². The highest BCUT2D eigenvalue weighted by Gasteiger charge is 2.52. The van der Waals surface area contributed by atoms with Gasteiger partial charge in [0, 0.05) is 18.2 Å². The Bertz CT molecular complexity index is 712. The summed E-state index contributed by atoms with van der Waals surface area (Å²) in [6, 6.07) is 4.43. The van der Waals surface area contributed by atoms with Crippen LogP contribution in [0, 0.1) is 5.82 Å². The standard InChI is InChI=1S/C18H23BFNO4/c1-17(2)18(3,4)25-19(24-17)14(11-21)10-12-5-7-15(20)13(9-12)6-8-16(22)23/h5-10H,11,21H2,1-4H3,(H,22,23)/b8-6+,14-10?. The highest BCUT2D eigenvalue weighted by molar-refractivity contribution is 6.55. The molecule has 1 aromatic carbocycles. The van der Waals surface area contributed by atoms with Crippen LogP contribution in [0.15, 0.2) is 29.7 Å². The quantitative estimate of drug-likeness (QED) is 0.632. The van der Waals surface area contributed by atoms with Crippen molar-refractivity contribution in [1.29, 1.82) is 0 Å². The maximum absolute atomic E-state index is 13.8. The van der Waals surface area contributed by atoms with Crippen molar-refractivity contribution >= 4 is 25.2 Å². The van der Waals surface area contributed by atoms with Gasteiger partial charge in [-0.3, -0.25) is 0 Å². The van der Waals surface area contributed by atoms with E-state index >= 15 is 0 Å². The third-order valence-electron chi connectivity index (χ3n) is 4.57. The molecule has 1 fully saturated rings. The van der Waals surface area contributed by atoms with Gasteiger partial charge in [-0.25, -0.2) is 9.18 Å². The SMILES string of the molecule is CC1(C)OB(C(=Cc2ccc(F)c(/C=C/C(=O)O)c2)CN)OC1(C)C. The van der Waals surface area contributed by atoms with E-state index in [1.165, 1.54) is 12.1 Å². The van der Waals surface area contributed by atoms with Gasteiger partial charge in [-0.1, -0.05) is 12.1 Å². The first kappa shape index (κ1) is 19.4. The first-order valence-corrected chi connectivity index (χ1v) is 8.02. The molecule has 0 atom stereocenters. The van der Waals surface area contributed by atoms with Gasteiger partial charge in [-0.05, 0) is 56.9 Å². The van der Waals surface area contributed by atoms with Crippen LogP contribution >= 0.6 is 0 Å². The Hall–Kier alpha value is -1.96. The minimum absolute atomic E-state index is 0.182. The third-order valence-corrected chi connectivity index (χ3v) is 4.57. The maximum atomic E-state index is 13.8. The topological polar surface area (TPSA) is 81.8 Å². The number of aliphatic carboxylic acids is 1. The van der Waals surface area contributed by atoms with Crippen molar-refractivity contribution in [2.24, 2.45) is 5.73 Å².